The monoisotopic (exact) mass is 447 g/mol. The van der Waals surface area contributed by atoms with Gasteiger partial charge in [0.05, 0.1) is 16.1 Å². The van der Waals surface area contributed by atoms with Crippen molar-refractivity contribution in [2.45, 2.75) is 25.7 Å². The summed E-state index contributed by atoms with van der Waals surface area (Å²) in [5.41, 5.74) is 4.56. The molecule has 164 valence electrons. The fourth-order valence-corrected chi connectivity index (χ4v) is 4.84. The summed E-state index contributed by atoms with van der Waals surface area (Å²) < 4.78 is 30.9. The summed E-state index contributed by atoms with van der Waals surface area (Å²) in [6.45, 7) is 5.35. The second-order valence-electron chi connectivity index (χ2n) is 7.95. The minimum absolute atomic E-state index is 0.0711. The average Bonchev–Trinajstić information content (AvgIpc) is 3.01. The lowest BCUT2D eigenvalue weighted by Gasteiger charge is -2.15. The fraction of sp³-hybridized carbons (Fsp3) is 0.160. The maximum Gasteiger partial charge on any atom is 0.263 e. The molecule has 0 fully saturated rings. The van der Waals surface area contributed by atoms with Crippen molar-refractivity contribution in [3.05, 3.63) is 83.4 Å². The van der Waals surface area contributed by atoms with E-state index in [4.69, 9.17) is 0 Å². The van der Waals surface area contributed by atoms with Gasteiger partial charge in [-0.15, -0.1) is 0 Å². The highest BCUT2D eigenvalue weighted by Crippen LogP contribution is 2.38. The molecule has 0 amide bonds. The average molecular weight is 448 g/mol. The molecule has 0 aliphatic heterocycles. The number of rotatable bonds is 6. The predicted molar refractivity (Wildman–Crippen MR) is 129 cm³/mol. The van der Waals surface area contributed by atoms with Gasteiger partial charge >= 0.3 is 0 Å². The molecule has 0 saturated carbocycles. The van der Waals surface area contributed by atoms with Crippen molar-refractivity contribution in [3.63, 3.8) is 0 Å². The summed E-state index contributed by atoms with van der Waals surface area (Å²) in [6, 6.07) is 19.9. The standard InChI is InChI=1S/C25H25N3O3S/c1-16-9-12-19(13-10-16)32(30,31)27-25-24(20-7-5-6-8-23(20)28(25)4)26-22-14-11-17(2)15-21(22)18(3)29/h5-15,26-27H,1-4H3. The van der Waals surface area contributed by atoms with Crippen molar-refractivity contribution < 1.29 is 13.2 Å². The van der Waals surface area contributed by atoms with Crippen molar-refractivity contribution in [3.8, 4) is 0 Å². The number of nitrogens with zero attached hydrogens (tertiary/aromatic N) is 1. The molecular formula is C25H25N3O3S. The lowest BCUT2D eigenvalue weighted by Crippen LogP contribution is -2.16. The first-order valence-corrected chi connectivity index (χ1v) is 11.7. The zero-order chi connectivity index (χ0) is 23.0. The molecule has 0 spiro atoms. The van der Waals surface area contributed by atoms with Crippen LogP contribution in [0.4, 0.5) is 17.2 Å². The Labute approximate surface area is 187 Å². The van der Waals surface area contributed by atoms with Crippen LogP contribution in [0, 0.1) is 13.8 Å². The second-order valence-corrected chi connectivity index (χ2v) is 9.63. The maximum atomic E-state index is 13.2. The maximum absolute atomic E-state index is 13.2. The molecule has 1 heterocycles. The van der Waals surface area contributed by atoms with Crippen LogP contribution in [-0.4, -0.2) is 18.8 Å². The molecular weight excluding hydrogens is 422 g/mol. The summed E-state index contributed by atoms with van der Waals surface area (Å²) >= 11 is 0. The number of carbonyl (C=O) groups is 1. The Hall–Kier alpha value is -3.58. The predicted octanol–water partition coefficient (Wildman–Crippen LogP) is 5.54. The van der Waals surface area contributed by atoms with Crippen molar-refractivity contribution in [2.75, 3.05) is 10.0 Å². The molecule has 32 heavy (non-hydrogen) atoms. The zero-order valence-corrected chi connectivity index (χ0v) is 19.2. The Bertz CT molecular complexity index is 1440. The highest BCUT2D eigenvalue weighted by atomic mass is 32.2. The van der Waals surface area contributed by atoms with Gasteiger partial charge < -0.3 is 9.88 Å². The van der Waals surface area contributed by atoms with Crippen LogP contribution in [0.25, 0.3) is 10.9 Å². The Kier molecular flexibility index (Phi) is 5.52. The number of ketones is 1. The number of aromatic nitrogens is 1. The van der Waals surface area contributed by atoms with Gasteiger partial charge in [-0.25, -0.2) is 8.42 Å². The number of nitrogens with one attached hydrogen (secondary N) is 2. The first-order chi connectivity index (χ1) is 15.2. The van der Waals surface area contributed by atoms with Crippen LogP contribution in [-0.2, 0) is 17.1 Å². The number of benzene rings is 3. The Morgan fingerprint density at radius 1 is 0.906 bits per heavy atom. The molecule has 4 rings (SSSR count). The number of anilines is 3. The molecule has 7 heteroatoms. The molecule has 0 saturated heterocycles. The number of carbonyl (C=O) groups excluding carboxylic acids is 1. The molecule has 0 aliphatic rings. The number of Topliss-reactive ketones (excluding diaryl/α,β-unsaturated/α-hetero) is 1. The van der Waals surface area contributed by atoms with E-state index in [1.165, 1.54) is 6.92 Å². The fourth-order valence-electron chi connectivity index (χ4n) is 3.74. The molecule has 2 N–H and O–H groups in total. The molecule has 1 aromatic heterocycles. The number of hydrogen-bond acceptors (Lipinski definition) is 4. The minimum Gasteiger partial charge on any atom is -0.351 e. The molecule has 4 aromatic rings. The molecule has 0 aliphatic carbocycles. The van der Waals surface area contributed by atoms with Crippen LogP contribution in [0.2, 0.25) is 0 Å². The number of sulfonamides is 1. The quantitative estimate of drug-likeness (QED) is 0.380. The van der Waals surface area contributed by atoms with Crippen molar-refractivity contribution in [1.82, 2.24) is 4.57 Å². The van der Waals surface area contributed by atoms with Crippen LogP contribution in [0.5, 0.6) is 0 Å². The van der Waals surface area contributed by atoms with Gasteiger partial charge in [0.25, 0.3) is 10.0 Å². The highest BCUT2D eigenvalue weighted by molar-refractivity contribution is 7.92. The van der Waals surface area contributed by atoms with E-state index >= 15 is 0 Å². The van der Waals surface area contributed by atoms with Gasteiger partial charge in [-0.05, 0) is 51.1 Å². The second kappa shape index (κ2) is 8.16. The number of fused-ring (bicyclic) bond motifs is 1. The van der Waals surface area contributed by atoms with E-state index in [-0.39, 0.29) is 10.7 Å². The molecule has 3 aromatic carbocycles. The molecule has 0 atom stereocenters. The van der Waals surface area contributed by atoms with Crippen LogP contribution in [0.1, 0.15) is 28.4 Å². The van der Waals surface area contributed by atoms with E-state index in [1.54, 1.807) is 28.8 Å². The van der Waals surface area contributed by atoms with E-state index in [9.17, 15) is 13.2 Å². The van der Waals surface area contributed by atoms with E-state index in [2.05, 4.69) is 10.0 Å². The number of hydrogen-bond donors (Lipinski definition) is 2. The molecule has 0 bridgehead atoms. The summed E-state index contributed by atoms with van der Waals surface area (Å²) in [4.78, 5) is 12.4. The van der Waals surface area contributed by atoms with E-state index in [1.807, 2.05) is 63.4 Å². The van der Waals surface area contributed by atoms with Crippen LogP contribution in [0.15, 0.2) is 71.6 Å². The van der Waals surface area contributed by atoms with Crippen molar-refractivity contribution in [2.24, 2.45) is 7.05 Å². The van der Waals surface area contributed by atoms with Gasteiger partial charge in [-0.2, -0.15) is 0 Å². The van der Waals surface area contributed by atoms with E-state index in [0.29, 0.717) is 22.8 Å². The van der Waals surface area contributed by atoms with Gasteiger partial charge in [0.2, 0.25) is 0 Å². The third-order valence-electron chi connectivity index (χ3n) is 5.48. The Morgan fingerprint density at radius 2 is 1.56 bits per heavy atom. The van der Waals surface area contributed by atoms with Gasteiger partial charge in [0.15, 0.2) is 5.78 Å². The van der Waals surface area contributed by atoms with Crippen molar-refractivity contribution >= 4 is 43.9 Å². The third kappa shape index (κ3) is 3.99. The summed E-state index contributed by atoms with van der Waals surface area (Å²) in [5.74, 6) is 0.320. The van der Waals surface area contributed by atoms with Crippen molar-refractivity contribution in [1.29, 1.82) is 0 Å². The Morgan fingerprint density at radius 3 is 2.25 bits per heavy atom. The summed E-state index contributed by atoms with van der Waals surface area (Å²) in [7, 11) is -2.02. The molecule has 0 unspecified atom stereocenters. The van der Waals surface area contributed by atoms with E-state index in [0.717, 1.165) is 22.0 Å². The van der Waals surface area contributed by atoms with Gasteiger partial charge in [-0.3, -0.25) is 9.52 Å². The van der Waals surface area contributed by atoms with Crippen LogP contribution < -0.4 is 10.0 Å². The largest absolute Gasteiger partial charge is 0.351 e. The van der Waals surface area contributed by atoms with Crippen LogP contribution >= 0.6 is 0 Å². The SMILES string of the molecule is CC(=O)c1cc(C)ccc1Nc1c(NS(=O)(=O)c2ccc(C)cc2)n(C)c2ccccc12. The third-order valence-corrected chi connectivity index (χ3v) is 6.84. The molecule has 6 nitrogen and oxygen atoms in total. The number of para-hydroxylation sites is 1. The molecule has 0 radical (unpaired) electrons. The van der Waals surface area contributed by atoms with Crippen LogP contribution in [0.3, 0.4) is 0 Å². The summed E-state index contributed by atoms with van der Waals surface area (Å²) in [5, 5.41) is 4.17. The topological polar surface area (TPSA) is 80.2 Å². The van der Waals surface area contributed by atoms with Gasteiger partial charge in [-0.1, -0.05) is 47.5 Å². The lowest BCUT2D eigenvalue weighted by molar-refractivity contribution is 0.101. The number of aryl methyl sites for hydroxylation is 3. The first kappa shape index (κ1) is 21.6. The normalized spacial score (nSPS) is 11.5. The van der Waals surface area contributed by atoms with E-state index < -0.39 is 10.0 Å². The lowest BCUT2D eigenvalue weighted by atomic mass is 10.1. The minimum atomic E-state index is -3.83. The Balaban J connectivity index is 1.86. The van der Waals surface area contributed by atoms with Gasteiger partial charge in [0.1, 0.15) is 5.82 Å². The van der Waals surface area contributed by atoms with Gasteiger partial charge in [0, 0.05) is 23.7 Å². The smallest absolute Gasteiger partial charge is 0.263 e. The summed E-state index contributed by atoms with van der Waals surface area (Å²) in [6.07, 6.45) is 0. The highest BCUT2D eigenvalue weighted by Gasteiger charge is 2.22. The first-order valence-electron chi connectivity index (χ1n) is 10.2. The zero-order valence-electron chi connectivity index (χ0n) is 18.4.